The summed E-state index contributed by atoms with van der Waals surface area (Å²) < 4.78 is 14.5. The number of carbonyl (C=O) groups is 1. The first kappa shape index (κ1) is 14.7. The van der Waals surface area contributed by atoms with Gasteiger partial charge in [-0.2, -0.15) is 0 Å². The summed E-state index contributed by atoms with van der Waals surface area (Å²) in [6.45, 7) is 3.45. The summed E-state index contributed by atoms with van der Waals surface area (Å²) in [6.07, 6.45) is 0.904. The molecule has 0 saturated heterocycles. The maximum atomic E-state index is 14.5. The highest BCUT2D eigenvalue weighted by Crippen LogP contribution is 2.24. The summed E-state index contributed by atoms with van der Waals surface area (Å²) in [6, 6.07) is 11.3. The van der Waals surface area contributed by atoms with Crippen molar-refractivity contribution in [1.82, 2.24) is 5.32 Å². The van der Waals surface area contributed by atoms with E-state index in [9.17, 15) is 9.18 Å². The van der Waals surface area contributed by atoms with E-state index in [0.717, 1.165) is 23.2 Å². The van der Waals surface area contributed by atoms with Crippen LogP contribution >= 0.6 is 0 Å². The van der Waals surface area contributed by atoms with E-state index in [1.165, 1.54) is 0 Å². The molecule has 3 nitrogen and oxygen atoms in total. The van der Waals surface area contributed by atoms with Gasteiger partial charge in [-0.3, -0.25) is 4.79 Å². The average molecular weight is 298 g/mol. The molecule has 0 bridgehead atoms. The number of anilines is 1. The highest BCUT2D eigenvalue weighted by atomic mass is 19.1. The molecule has 0 spiro atoms. The Morgan fingerprint density at radius 1 is 1.23 bits per heavy atom. The Hall–Kier alpha value is -2.20. The molecule has 1 aliphatic heterocycles. The van der Waals surface area contributed by atoms with E-state index in [1.54, 1.807) is 6.07 Å². The minimum Gasteiger partial charge on any atom is -0.323 e. The molecular weight excluding hydrogens is 279 g/mol. The second kappa shape index (κ2) is 6.28. The number of rotatable bonds is 3. The van der Waals surface area contributed by atoms with Crippen LogP contribution in [-0.2, 0) is 24.2 Å². The molecule has 0 unspecified atom stereocenters. The van der Waals surface area contributed by atoms with Crippen LogP contribution in [0, 0.1) is 12.7 Å². The number of aryl methyl sites for hydroxylation is 1. The number of nitrogens with one attached hydrogen (secondary N) is 2. The molecule has 114 valence electrons. The van der Waals surface area contributed by atoms with E-state index in [1.807, 2.05) is 37.3 Å². The van der Waals surface area contributed by atoms with Crippen molar-refractivity contribution in [2.75, 3.05) is 11.9 Å². The lowest BCUT2D eigenvalue weighted by Crippen LogP contribution is -2.25. The van der Waals surface area contributed by atoms with Crippen LogP contribution in [0.5, 0.6) is 0 Å². The molecule has 0 radical (unpaired) electrons. The van der Waals surface area contributed by atoms with E-state index >= 15 is 0 Å². The third kappa shape index (κ3) is 3.17. The van der Waals surface area contributed by atoms with Crippen molar-refractivity contribution in [3.63, 3.8) is 0 Å². The van der Waals surface area contributed by atoms with Crippen LogP contribution < -0.4 is 10.6 Å². The van der Waals surface area contributed by atoms with Gasteiger partial charge in [-0.15, -0.1) is 0 Å². The molecule has 0 aromatic heterocycles. The number of hydrogen-bond acceptors (Lipinski definition) is 2. The Balaban J connectivity index is 1.72. The quantitative estimate of drug-likeness (QED) is 0.914. The van der Waals surface area contributed by atoms with Crippen molar-refractivity contribution in [1.29, 1.82) is 0 Å². The summed E-state index contributed by atoms with van der Waals surface area (Å²) >= 11 is 0. The first-order chi connectivity index (χ1) is 10.6. The monoisotopic (exact) mass is 298 g/mol. The van der Waals surface area contributed by atoms with Crippen LogP contribution in [0.4, 0.5) is 10.1 Å². The van der Waals surface area contributed by atoms with E-state index in [-0.39, 0.29) is 23.8 Å². The zero-order chi connectivity index (χ0) is 15.5. The fourth-order valence-electron chi connectivity index (χ4n) is 2.72. The van der Waals surface area contributed by atoms with E-state index in [4.69, 9.17) is 0 Å². The summed E-state index contributed by atoms with van der Waals surface area (Å²) in [5.74, 6) is -0.493. The van der Waals surface area contributed by atoms with Crippen LogP contribution in [0.1, 0.15) is 22.3 Å². The van der Waals surface area contributed by atoms with Gasteiger partial charge in [0.05, 0.1) is 12.1 Å². The number of amides is 1. The molecule has 0 aliphatic carbocycles. The van der Waals surface area contributed by atoms with Gasteiger partial charge >= 0.3 is 0 Å². The van der Waals surface area contributed by atoms with Gasteiger partial charge in [-0.05, 0) is 42.6 Å². The zero-order valence-corrected chi connectivity index (χ0v) is 12.6. The molecule has 2 N–H and O–H groups in total. The number of hydrogen-bond donors (Lipinski definition) is 2. The molecule has 3 rings (SSSR count). The van der Waals surface area contributed by atoms with Gasteiger partial charge in [0.25, 0.3) is 0 Å². The fraction of sp³-hybridized carbons (Fsp3) is 0.278. The normalized spacial score (nSPS) is 13.5. The fourth-order valence-corrected chi connectivity index (χ4v) is 2.72. The molecule has 0 fully saturated rings. The minimum absolute atomic E-state index is 0.198. The van der Waals surface area contributed by atoms with Gasteiger partial charge in [-0.25, -0.2) is 4.39 Å². The highest BCUT2D eigenvalue weighted by Gasteiger charge is 2.17. The summed E-state index contributed by atoms with van der Waals surface area (Å²) in [4.78, 5) is 12.1. The van der Waals surface area contributed by atoms with Crippen molar-refractivity contribution < 1.29 is 9.18 Å². The van der Waals surface area contributed by atoms with Crippen molar-refractivity contribution in [2.45, 2.75) is 26.3 Å². The molecular formula is C18H19FN2O. The number of fused-ring (bicyclic) bond motifs is 1. The van der Waals surface area contributed by atoms with Crippen LogP contribution in [0.2, 0.25) is 0 Å². The lowest BCUT2D eigenvalue weighted by Gasteiger charge is -2.19. The Kier molecular flexibility index (Phi) is 4.20. The minimum atomic E-state index is -0.295. The van der Waals surface area contributed by atoms with Crippen LogP contribution in [0.15, 0.2) is 36.4 Å². The maximum Gasteiger partial charge on any atom is 0.228 e. The van der Waals surface area contributed by atoms with E-state index in [0.29, 0.717) is 18.5 Å². The Labute approximate surface area is 129 Å². The molecule has 0 saturated carbocycles. The van der Waals surface area contributed by atoms with Gasteiger partial charge in [0.15, 0.2) is 0 Å². The zero-order valence-electron chi connectivity index (χ0n) is 12.6. The smallest absolute Gasteiger partial charge is 0.228 e. The van der Waals surface area contributed by atoms with Crippen molar-refractivity contribution in [3.05, 3.63) is 64.5 Å². The maximum absolute atomic E-state index is 14.5. The molecule has 4 heteroatoms. The second-order valence-electron chi connectivity index (χ2n) is 5.70. The highest BCUT2D eigenvalue weighted by molar-refractivity contribution is 5.92. The van der Waals surface area contributed by atoms with Crippen LogP contribution in [0.3, 0.4) is 0 Å². The van der Waals surface area contributed by atoms with Crippen LogP contribution in [0.25, 0.3) is 0 Å². The Morgan fingerprint density at radius 3 is 2.77 bits per heavy atom. The van der Waals surface area contributed by atoms with Crippen LogP contribution in [-0.4, -0.2) is 12.5 Å². The first-order valence-electron chi connectivity index (χ1n) is 7.50. The van der Waals surface area contributed by atoms with E-state index < -0.39 is 0 Å². The summed E-state index contributed by atoms with van der Waals surface area (Å²) in [5, 5.41) is 5.90. The predicted molar refractivity (Wildman–Crippen MR) is 85.3 cm³/mol. The largest absolute Gasteiger partial charge is 0.323 e. The molecule has 2 aromatic rings. The van der Waals surface area contributed by atoms with Gasteiger partial charge < -0.3 is 10.6 Å². The van der Waals surface area contributed by atoms with Gasteiger partial charge in [0.1, 0.15) is 5.82 Å². The van der Waals surface area contributed by atoms with Gasteiger partial charge in [-0.1, -0.05) is 35.9 Å². The molecule has 0 atom stereocenters. The number of carbonyl (C=O) groups excluding carboxylic acids is 1. The number of halogens is 1. The van der Waals surface area contributed by atoms with Gasteiger partial charge in [0.2, 0.25) is 5.91 Å². The standard InChI is InChI=1S/C18H19FN2O/c1-12-2-4-13(5-3-12)10-17(22)21-16-7-6-14-11-20-9-8-15(14)18(16)19/h2-7,20H,8-11H2,1H3,(H,21,22). The third-order valence-electron chi connectivity index (χ3n) is 3.97. The lowest BCUT2D eigenvalue weighted by atomic mass is 9.99. The SMILES string of the molecule is Cc1ccc(CC(=O)Nc2ccc3c(c2F)CCNC3)cc1. The average Bonchev–Trinajstić information content (AvgIpc) is 2.53. The second-order valence-corrected chi connectivity index (χ2v) is 5.70. The van der Waals surface area contributed by atoms with E-state index in [2.05, 4.69) is 10.6 Å². The molecule has 22 heavy (non-hydrogen) atoms. The van der Waals surface area contributed by atoms with Crippen molar-refractivity contribution >= 4 is 11.6 Å². The lowest BCUT2D eigenvalue weighted by molar-refractivity contribution is -0.115. The predicted octanol–water partition coefficient (Wildman–Crippen LogP) is 2.96. The molecule has 2 aromatic carbocycles. The summed E-state index contributed by atoms with van der Waals surface area (Å²) in [7, 11) is 0. The van der Waals surface area contributed by atoms with Crippen molar-refractivity contribution in [2.24, 2.45) is 0 Å². The van der Waals surface area contributed by atoms with Crippen molar-refractivity contribution in [3.8, 4) is 0 Å². The van der Waals surface area contributed by atoms with Gasteiger partial charge in [0, 0.05) is 6.54 Å². The molecule has 1 heterocycles. The summed E-state index contributed by atoms with van der Waals surface area (Å²) in [5.41, 5.74) is 4.04. The third-order valence-corrected chi connectivity index (χ3v) is 3.97. The first-order valence-corrected chi connectivity index (χ1v) is 7.50. The number of benzene rings is 2. The molecule has 1 amide bonds. The Morgan fingerprint density at radius 2 is 2.00 bits per heavy atom. The molecule has 1 aliphatic rings. The topological polar surface area (TPSA) is 41.1 Å². The Bertz CT molecular complexity index is 695.